The van der Waals surface area contributed by atoms with Crippen LogP contribution in [0.4, 0.5) is 5.69 Å². The molecule has 0 bridgehead atoms. The monoisotopic (exact) mass is 189 g/mol. The number of hydrogen-bond donors (Lipinski definition) is 3. The first kappa shape index (κ1) is 8.62. The Labute approximate surface area is 81.1 Å². The zero-order chi connectivity index (χ0) is 10.1. The third kappa shape index (κ3) is 1.21. The summed E-state index contributed by atoms with van der Waals surface area (Å²) in [6, 6.07) is 5.44. The molecule has 4 heteroatoms. The van der Waals surface area contributed by atoms with Crippen molar-refractivity contribution in [1.82, 2.24) is 10.3 Å². The number of nitrogen functional groups attached to an aromatic ring is 1. The maximum Gasteiger partial charge on any atom is 0.253 e. The Kier molecular flexibility index (Phi) is 1.89. The quantitative estimate of drug-likeness (QED) is 0.588. The number of benzene rings is 1. The van der Waals surface area contributed by atoms with Gasteiger partial charge in [-0.25, -0.2) is 0 Å². The predicted molar refractivity (Wildman–Crippen MR) is 56.1 cm³/mol. The maximum atomic E-state index is 11.4. The van der Waals surface area contributed by atoms with Crippen LogP contribution in [-0.4, -0.2) is 17.9 Å². The first-order valence-electron chi connectivity index (χ1n) is 4.31. The van der Waals surface area contributed by atoms with Gasteiger partial charge in [0.15, 0.2) is 0 Å². The number of H-pyrrole nitrogens is 1. The van der Waals surface area contributed by atoms with Crippen LogP contribution >= 0.6 is 0 Å². The van der Waals surface area contributed by atoms with E-state index in [0.29, 0.717) is 11.3 Å². The Morgan fingerprint density at radius 3 is 3.00 bits per heavy atom. The second kappa shape index (κ2) is 3.06. The summed E-state index contributed by atoms with van der Waals surface area (Å²) >= 11 is 0. The standard InChI is InChI=1S/C10H11N3O/c1-12-10(14)8-5-13-9-3-2-6(11)4-7(8)9/h2-5,13H,11H2,1H3,(H,12,14). The van der Waals surface area contributed by atoms with Gasteiger partial charge >= 0.3 is 0 Å². The number of nitrogens with two attached hydrogens (primary N) is 1. The number of hydrogen-bond acceptors (Lipinski definition) is 2. The highest BCUT2D eigenvalue weighted by Gasteiger charge is 2.09. The Balaban J connectivity index is 2.67. The Morgan fingerprint density at radius 1 is 1.50 bits per heavy atom. The molecule has 0 saturated heterocycles. The number of rotatable bonds is 1. The zero-order valence-corrected chi connectivity index (χ0v) is 7.79. The molecule has 1 aromatic carbocycles. The molecular formula is C10H11N3O. The molecule has 0 spiro atoms. The molecule has 1 aromatic heterocycles. The van der Waals surface area contributed by atoms with E-state index < -0.39 is 0 Å². The van der Waals surface area contributed by atoms with Crippen molar-refractivity contribution in [2.45, 2.75) is 0 Å². The van der Waals surface area contributed by atoms with E-state index in [-0.39, 0.29) is 5.91 Å². The molecule has 0 aliphatic carbocycles. The first-order valence-corrected chi connectivity index (χ1v) is 4.31. The van der Waals surface area contributed by atoms with Crippen LogP contribution in [0, 0.1) is 0 Å². The van der Waals surface area contributed by atoms with Gasteiger partial charge in [0.2, 0.25) is 0 Å². The van der Waals surface area contributed by atoms with Crippen LogP contribution in [0.15, 0.2) is 24.4 Å². The van der Waals surface area contributed by atoms with Crippen LogP contribution in [0.5, 0.6) is 0 Å². The molecule has 4 nitrogen and oxygen atoms in total. The summed E-state index contributed by atoms with van der Waals surface area (Å²) in [6.45, 7) is 0. The van der Waals surface area contributed by atoms with Gasteiger partial charge in [0.1, 0.15) is 0 Å². The van der Waals surface area contributed by atoms with E-state index in [1.54, 1.807) is 25.4 Å². The molecule has 2 aromatic rings. The maximum absolute atomic E-state index is 11.4. The number of aromatic nitrogens is 1. The highest BCUT2D eigenvalue weighted by molar-refractivity contribution is 6.07. The third-order valence-electron chi connectivity index (χ3n) is 2.18. The van der Waals surface area contributed by atoms with E-state index in [4.69, 9.17) is 5.73 Å². The molecule has 0 fully saturated rings. The predicted octanol–water partition coefficient (Wildman–Crippen LogP) is 1.11. The second-order valence-corrected chi connectivity index (χ2v) is 3.09. The van der Waals surface area contributed by atoms with Gasteiger partial charge in [-0.2, -0.15) is 0 Å². The van der Waals surface area contributed by atoms with Crippen molar-refractivity contribution in [1.29, 1.82) is 0 Å². The molecule has 1 heterocycles. The largest absolute Gasteiger partial charge is 0.399 e. The van der Waals surface area contributed by atoms with Crippen LogP contribution in [0.1, 0.15) is 10.4 Å². The van der Waals surface area contributed by atoms with Crippen molar-refractivity contribution < 1.29 is 4.79 Å². The van der Waals surface area contributed by atoms with Gasteiger partial charge in [0.05, 0.1) is 5.56 Å². The summed E-state index contributed by atoms with van der Waals surface area (Å²) in [5.41, 5.74) is 7.84. The summed E-state index contributed by atoms with van der Waals surface area (Å²) in [6.07, 6.45) is 1.68. The number of anilines is 1. The van der Waals surface area contributed by atoms with E-state index >= 15 is 0 Å². The van der Waals surface area contributed by atoms with Gasteiger partial charge in [-0.15, -0.1) is 0 Å². The Morgan fingerprint density at radius 2 is 2.29 bits per heavy atom. The number of aromatic amines is 1. The SMILES string of the molecule is CNC(=O)c1c[nH]c2ccc(N)cc12. The van der Waals surface area contributed by atoms with E-state index in [0.717, 1.165) is 10.9 Å². The fourth-order valence-corrected chi connectivity index (χ4v) is 1.46. The Bertz CT molecular complexity index is 487. The van der Waals surface area contributed by atoms with Crippen molar-refractivity contribution in [2.75, 3.05) is 12.8 Å². The van der Waals surface area contributed by atoms with Crippen molar-refractivity contribution >= 4 is 22.5 Å². The average Bonchev–Trinajstić information content (AvgIpc) is 2.59. The molecule has 0 aliphatic rings. The summed E-state index contributed by atoms with van der Waals surface area (Å²) in [5.74, 6) is -0.109. The fraction of sp³-hybridized carbons (Fsp3) is 0.100. The topological polar surface area (TPSA) is 70.9 Å². The number of carbonyl (C=O) groups excluding carboxylic acids is 1. The molecule has 0 atom stereocenters. The summed E-state index contributed by atoms with van der Waals surface area (Å²) in [7, 11) is 1.60. The van der Waals surface area contributed by atoms with Crippen molar-refractivity contribution in [3.8, 4) is 0 Å². The third-order valence-corrected chi connectivity index (χ3v) is 2.18. The minimum absolute atomic E-state index is 0.109. The molecule has 4 N–H and O–H groups in total. The molecule has 14 heavy (non-hydrogen) atoms. The van der Waals surface area contributed by atoms with Crippen LogP contribution in [0.25, 0.3) is 10.9 Å². The molecular weight excluding hydrogens is 178 g/mol. The van der Waals surface area contributed by atoms with Crippen molar-refractivity contribution in [2.24, 2.45) is 0 Å². The lowest BCUT2D eigenvalue weighted by Crippen LogP contribution is -2.17. The molecule has 2 rings (SSSR count). The van der Waals surface area contributed by atoms with Gasteiger partial charge in [-0.05, 0) is 18.2 Å². The summed E-state index contributed by atoms with van der Waals surface area (Å²) in [5, 5.41) is 3.43. The van der Waals surface area contributed by atoms with E-state index in [1.807, 2.05) is 6.07 Å². The molecule has 72 valence electrons. The van der Waals surface area contributed by atoms with E-state index in [9.17, 15) is 4.79 Å². The van der Waals surface area contributed by atoms with Crippen molar-refractivity contribution in [3.05, 3.63) is 30.0 Å². The highest BCUT2D eigenvalue weighted by Crippen LogP contribution is 2.20. The Hall–Kier alpha value is -1.97. The lowest BCUT2D eigenvalue weighted by atomic mass is 10.1. The van der Waals surface area contributed by atoms with Crippen LogP contribution in [0.2, 0.25) is 0 Å². The van der Waals surface area contributed by atoms with Crippen LogP contribution in [-0.2, 0) is 0 Å². The van der Waals surface area contributed by atoms with Gasteiger partial charge in [0.25, 0.3) is 5.91 Å². The molecule has 0 unspecified atom stereocenters. The average molecular weight is 189 g/mol. The van der Waals surface area contributed by atoms with Gasteiger partial charge < -0.3 is 16.0 Å². The van der Waals surface area contributed by atoms with Crippen molar-refractivity contribution in [3.63, 3.8) is 0 Å². The minimum atomic E-state index is -0.109. The number of amides is 1. The fourth-order valence-electron chi connectivity index (χ4n) is 1.46. The molecule has 1 amide bonds. The lowest BCUT2D eigenvalue weighted by molar-refractivity contribution is 0.0965. The molecule has 0 aliphatic heterocycles. The first-order chi connectivity index (χ1) is 6.72. The van der Waals surface area contributed by atoms with Gasteiger partial charge in [-0.3, -0.25) is 4.79 Å². The molecule has 0 radical (unpaired) electrons. The van der Waals surface area contributed by atoms with Crippen LogP contribution in [0.3, 0.4) is 0 Å². The normalized spacial score (nSPS) is 10.4. The zero-order valence-electron chi connectivity index (χ0n) is 7.79. The van der Waals surface area contributed by atoms with E-state index in [2.05, 4.69) is 10.3 Å². The van der Waals surface area contributed by atoms with Crippen LogP contribution < -0.4 is 11.1 Å². The second-order valence-electron chi connectivity index (χ2n) is 3.09. The smallest absolute Gasteiger partial charge is 0.253 e. The minimum Gasteiger partial charge on any atom is -0.399 e. The number of nitrogens with one attached hydrogen (secondary N) is 2. The lowest BCUT2D eigenvalue weighted by Gasteiger charge is -1.97. The summed E-state index contributed by atoms with van der Waals surface area (Å²) < 4.78 is 0. The molecule has 0 saturated carbocycles. The summed E-state index contributed by atoms with van der Waals surface area (Å²) in [4.78, 5) is 14.4. The van der Waals surface area contributed by atoms with Gasteiger partial charge in [0, 0.05) is 29.8 Å². The van der Waals surface area contributed by atoms with E-state index in [1.165, 1.54) is 0 Å². The highest BCUT2D eigenvalue weighted by atomic mass is 16.1. The number of carbonyl (C=O) groups is 1. The van der Waals surface area contributed by atoms with Gasteiger partial charge in [-0.1, -0.05) is 0 Å². The number of fused-ring (bicyclic) bond motifs is 1.